The molecule has 1 aliphatic heterocycles. The van der Waals surface area contributed by atoms with E-state index in [1.54, 1.807) is 0 Å². The summed E-state index contributed by atoms with van der Waals surface area (Å²) in [6, 6.07) is 8.49. The Balaban J connectivity index is 1.54. The predicted octanol–water partition coefficient (Wildman–Crippen LogP) is 2.04. The van der Waals surface area contributed by atoms with Crippen molar-refractivity contribution in [3.05, 3.63) is 35.4 Å². The Labute approximate surface area is 150 Å². The summed E-state index contributed by atoms with van der Waals surface area (Å²) < 4.78 is 5.40. The van der Waals surface area contributed by atoms with E-state index in [9.17, 15) is 4.79 Å². The summed E-state index contributed by atoms with van der Waals surface area (Å²) in [4.78, 5) is 15.0. The second-order valence-corrected chi connectivity index (χ2v) is 7.73. The largest absolute Gasteiger partial charge is 0.379 e. The molecule has 1 heterocycles. The molecule has 1 saturated carbocycles. The maximum absolute atomic E-state index is 12.6. The number of benzene rings is 1. The molecule has 0 spiro atoms. The molecule has 2 unspecified atom stereocenters. The Morgan fingerprint density at radius 2 is 2.08 bits per heavy atom. The summed E-state index contributed by atoms with van der Waals surface area (Å²) in [6.45, 7) is 7.12. The predicted molar refractivity (Wildman–Crippen MR) is 98.9 cm³/mol. The van der Waals surface area contributed by atoms with Crippen LogP contribution < -0.4 is 11.1 Å². The molecule has 1 saturated heterocycles. The first-order valence-corrected chi connectivity index (χ1v) is 9.49. The molecule has 5 heteroatoms. The van der Waals surface area contributed by atoms with E-state index in [1.807, 2.05) is 6.92 Å². The molecular formula is C20H31N3O2. The van der Waals surface area contributed by atoms with Crippen molar-refractivity contribution in [2.24, 2.45) is 11.7 Å². The number of amides is 1. The van der Waals surface area contributed by atoms with Crippen LogP contribution in [0.5, 0.6) is 0 Å². The minimum Gasteiger partial charge on any atom is -0.379 e. The van der Waals surface area contributed by atoms with E-state index in [1.165, 1.54) is 5.56 Å². The monoisotopic (exact) mass is 345 g/mol. The van der Waals surface area contributed by atoms with Gasteiger partial charge in [-0.05, 0) is 30.9 Å². The van der Waals surface area contributed by atoms with Crippen molar-refractivity contribution < 1.29 is 9.53 Å². The Hall–Kier alpha value is -1.43. The smallest absolute Gasteiger partial charge is 0.225 e. The number of ether oxygens (including phenoxy) is 1. The normalized spacial score (nSPS) is 27.8. The number of nitrogens with one attached hydrogen (secondary N) is 1. The van der Waals surface area contributed by atoms with E-state index in [0.717, 1.165) is 64.1 Å². The molecule has 3 N–H and O–H groups in total. The Bertz CT molecular complexity index is 582. The third-order valence-corrected chi connectivity index (χ3v) is 5.54. The van der Waals surface area contributed by atoms with Crippen molar-refractivity contribution in [2.75, 3.05) is 26.3 Å². The van der Waals surface area contributed by atoms with Gasteiger partial charge in [-0.3, -0.25) is 9.69 Å². The third-order valence-electron chi connectivity index (χ3n) is 5.54. The van der Waals surface area contributed by atoms with Crippen LogP contribution in [0.4, 0.5) is 0 Å². The zero-order valence-corrected chi connectivity index (χ0v) is 15.3. The lowest BCUT2D eigenvalue weighted by atomic mass is 9.74. The van der Waals surface area contributed by atoms with Crippen molar-refractivity contribution in [3.63, 3.8) is 0 Å². The van der Waals surface area contributed by atoms with Crippen molar-refractivity contribution in [1.82, 2.24) is 10.2 Å². The van der Waals surface area contributed by atoms with Crippen LogP contribution in [-0.4, -0.2) is 42.6 Å². The second-order valence-electron chi connectivity index (χ2n) is 7.73. The van der Waals surface area contributed by atoms with Crippen molar-refractivity contribution in [2.45, 2.75) is 51.2 Å². The molecule has 1 aliphatic carbocycles. The minimum atomic E-state index is -0.374. The average molecular weight is 345 g/mol. The summed E-state index contributed by atoms with van der Waals surface area (Å²) >= 11 is 0. The van der Waals surface area contributed by atoms with E-state index >= 15 is 0 Å². The molecule has 5 nitrogen and oxygen atoms in total. The molecule has 3 rings (SSSR count). The summed E-state index contributed by atoms with van der Waals surface area (Å²) in [5, 5.41) is 3.10. The second kappa shape index (κ2) is 8.30. The van der Waals surface area contributed by atoms with Gasteiger partial charge in [0.15, 0.2) is 0 Å². The number of rotatable bonds is 5. The summed E-state index contributed by atoms with van der Waals surface area (Å²) in [5.74, 6) is 0.0288. The molecule has 138 valence electrons. The van der Waals surface area contributed by atoms with Crippen molar-refractivity contribution >= 4 is 5.91 Å². The summed E-state index contributed by atoms with van der Waals surface area (Å²) in [7, 11) is 0. The molecule has 0 radical (unpaired) electrons. The van der Waals surface area contributed by atoms with Crippen LogP contribution >= 0.6 is 0 Å². The van der Waals surface area contributed by atoms with Gasteiger partial charge in [-0.2, -0.15) is 0 Å². The van der Waals surface area contributed by atoms with Gasteiger partial charge in [0.2, 0.25) is 5.91 Å². The Morgan fingerprint density at radius 3 is 2.84 bits per heavy atom. The number of hydrogen-bond acceptors (Lipinski definition) is 4. The fourth-order valence-electron chi connectivity index (χ4n) is 3.96. The summed E-state index contributed by atoms with van der Waals surface area (Å²) in [5.41, 5.74) is 8.40. The topological polar surface area (TPSA) is 67.6 Å². The van der Waals surface area contributed by atoms with Gasteiger partial charge in [-0.25, -0.2) is 0 Å². The fourth-order valence-corrected chi connectivity index (χ4v) is 3.96. The van der Waals surface area contributed by atoms with Gasteiger partial charge in [0.1, 0.15) is 0 Å². The van der Waals surface area contributed by atoms with Gasteiger partial charge in [0.25, 0.3) is 0 Å². The van der Waals surface area contributed by atoms with Gasteiger partial charge in [-0.1, -0.05) is 37.1 Å². The number of carbonyl (C=O) groups is 1. The Kier molecular flexibility index (Phi) is 6.10. The average Bonchev–Trinajstić information content (AvgIpc) is 2.60. The fraction of sp³-hybridized carbons (Fsp3) is 0.650. The van der Waals surface area contributed by atoms with Crippen LogP contribution in [-0.2, 0) is 22.6 Å². The van der Waals surface area contributed by atoms with E-state index in [-0.39, 0.29) is 17.4 Å². The quantitative estimate of drug-likeness (QED) is 0.857. The number of hydrogen-bond donors (Lipinski definition) is 2. The van der Waals surface area contributed by atoms with Crippen molar-refractivity contribution in [1.29, 1.82) is 0 Å². The first-order valence-electron chi connectivity index (χ1n) is 9.49. The first kappa shape index (κ1) is 18.4. The number of nitrogens with two attached hydrogens (primary N) is 1. The number of carbonyl (C=O) groups excluding carboxylic acids is 1. The van der Waals surface area contributed by atoms with Gasteiger partial charge in [0, 0.05) is 31.7 Å². The van der Waals surface area contributed by atoms with Crippen LogP contribution in [0.2, 0.25) is 0 Å². The molecule has 1 aromatic carbocycles. The van der Waals surface area contributed by atoms with E-state index < -0.39 is 0 Å². The lowest BCUT2D eigenvalue weighted by Gasteiger charge is -2.37. The Morgan fingerprint density at radius 1 is 1.32 bits per heavy atom. The zero-order valence-electron chi connectivity index (χ0n) is 15.3. The maximum atomic E-state index is 12.6. The highest BCUT2D eigenvalue weighted by Gasteiger charge is 2.37. The minimum absolute atomic E-state index is 0.0715. The molecule has 1 aromatic rings. The number of nitrogens with zero attached hydrogens (tertiary/aromatic N) is 1. The zero-order chi connectivity index (χ0) is 17.7. The first-order chi connectivity index (χ1) is 12.0. The lowest BCUT2D eigenvalue weighted by Crippen LogP contribution is -2.52. The van der Waals surface area contributed by atoms with Gasteiger partial charge in [0.05, 0.1) is 19.1 Å². The highest BCUT2D eigenvalue weighted by Crippen LogP contribution is 2.31. The van der Waals surface area contributed by atoms with Gasteiger partial charge in [-0.15, -0.1) is 0 Å². The van der Waals surface area contributed by atoms with Crippen molar-refractivity contribution in [3.8, 4) is 0 Å². The van der Waals surface area contributed by atoms with E-state index in [0.29, 0.717) is 6.54 Å². The van der Waals surface area contributed by atoms with Crippen LogP contribution in [0.15, 0.2) is 24.3 Å². The van der Waals surface area contributed by atoms with Crippen LogP contribution in [0.3, 0.4) is 0 Å². The molecule has 25 heavy (non-hydrogen) atoms. The maximum Gasteiger partial charge on any atom is 0.225 e. The highest BCUT2D eigenvalue weighted by molar-refractivity contribution is 5.80. The van der Waals surface area contributed by atoms with E-state index in [4.69, 9.17) is 10.5 Å². The molecule has 2 atom stereocenters. The number of morpholine rings is 1. The molecule has 2 fully saturated rings. The van der Waals surface area contributed by atoms with Crippen LogP contribution in [0.25, 0.3) is 0 Å². The third kappa shape index (κ3) is 5.03. The van der Waals surface area contributed by atoms with E-state index in [2.05, 4.69) is 34.5 Å². The van der Waals surface area contributed by atoms with Gasteiger partial charge >= 0.3 is 0 Å². The molecule has 0 bridgehead atoms. The summed E-state index contributed by atoms with van der Waals surface area (Å²) in [6.07, 6.45) is 4.05. The van der Waals surface area contributed by atoms with Gasteiger partial charge < -0.3 is 15.8 Å². The van der Waals surface area contributed by atoms with Crippen LogP contribution in [0, 0.1) is 5.92 Å². The van der Waals surface area contributed by atoms with Crippen LogP contribution in [0.1, 0.15) is 43.7 Å². The lowest BCUT2D eigenvalue weighted by molar-refractivity contribution is -0.128. The molecular weight excluding hydrogens is 314 g/mol. The molecule has 2 aliphatic rings. The highest BCUT2D eigenvalue weighted by atomic mass is 16.5. The SMILES string of the molecule is CC1(N)CCCCC1C(=O)NCc1cccc(CN2CCOCC2)c1. The molecule has 1 amide bonds. The standard InChI is InChI=1S/C20H31N3O2/c1-20(21)8-3-2-7-18(20)19(24)22-14-16-5-4-6-17(13-16)15-23-9-11-25-12-10-23/h4-6,13,18H,2-3,7-12,14-15,21H2,1H3,(H,22,24). The molecule has 0 aromatic heterocycles.